The third-order valence-electron chi connectivity index (χ3n) is 3.93. The molecule has 0 atom stereocenters. The van der Waals surface area contributed by atoms with Gasteiger partial charge in [-0.25, -0.2) is 4.39 Å². The maximum atomic E-state index is 13.7. The molecule has 0 N–H and O–H groups in total. The second-order valence-electron chi connectivity index (χ2n) is 5.89. The monoisotopic (exact) mass is 340 g/mol. The van der Waals surface area contributed by atoms with Crippen LogP contribution in [-0.2, 0) is 13.0 Å². The van der Waals surface area contributed by atoms with E-state index in [-0.39, 0.29) is 5.82 Å². The van der Waals surface area contributed by atoms with Crippen LogP contribution in [-0.4, -0.2) is 0 Å². The lowest BCUT2D eigenvalue weighted by molar-refractivity contribution is 0.306. The lowest BCUT2D eigenvalue weighted by Gasteiger charge is -2.11. The van der Waals surface area contributed by atoms with Gasteiger partial charge in [0.1, 0.15) is 18.2 Å². The Kier molecular flexibility index (Phi) is 5.31. The van der Waals surface area contributed by atoms with Crippen molar-refractivity contribution in [3.05, 3.63) is 76.4 Å². The van der Waals surface area contributed by atoms with Crippen molar-refractivity contribution in [1.29, 1.82) is 0 Å². The highest BCUT2D eigenvalue weighted by Crippen LogP contribution is 2.31. The van der Waals surface area contributed by atoms with Crippen molar-refractivity contribution in [2.75, 3.05) is 0 Å². The number of benzene rings is 2. The van der Waals surface area contributed by atoms with Crippen LogP contribution in [0.4, 0.5) is 4.39 Å². The summed E-state index contributed by atoms with van der Waals surface area (Å²) in [7, 11) is 0. The van der Waals surface area contributed by atoms with Crippen molar-refractivity contribution in [3.8, 4) is 16.2 Å². The molecule has 0 spiro atoms. The number of hydrogen-bond donors (Lipinski definition) is 0. The molecule has 3 heteroatoms. The Labute approximate surface area is 146 Å². The summed E-state index contributed by atoms with van der Waals surface area (Å²) in [5.74, 6) is 0.580. The summed E-state index contributed by atoms with van der Waals surface area (Å²) in [4.78, 5) is 2.39. The molecule has 1 aromatic heterocycles. The second-order valence-corrected chi connectivity index (χ2v) is 7.18. The van der Waals surface area contributed by atoms with Gasteiger partial charge in [-0.2, -0.15) is 0 Å². The van der Waals surface area contributed by atoms with Gasteiger partial charge in [-0.05, 0) is 60.9 Å². The minimum atomic E-state index is -0.232. The van der Waals surface area contributed by atoms with Crippen LogP contribution in [0.2, 0.25) is 0 Å². The van der Waals surface area contributed by atoms with Crippen LogP contribution in [0.3, 0.4) is 0 Å². The molecule has 0 fully saturated rings. The van der Waals surface area contributed by atoms with Crippen molar-refractivity contribution < 1.29 is 9.13 Å². The molecule has 1 nitrogen and oxygen atoms in total. The minimum absolute atomic E-state index is 0.232. The average molecular weight is 340 g/mol. The van der Waals surface area contributed by atoms with E-state index < -0.39 is 0 Å². The molecule has 124 valence electrons. The molecule has 24 heavy (non-hydrogen) atoms. The standard InChI is InChI=1S/C21H21FOS/c1-3-4-16-6-9-19(10-7-16)23-14-17-13-18(22)8-11-20(17)21-12-5-15(2)24-21/h5-13H,3-4,14H2,1-2H3. The third kappa shape index (κ3) is 4.04. The third-order valence-corrected chi connectivity index (χ3v) is 4.96. The maximum Gasteiger partial charge on any atom is 0.123 e. The Balaban J connectivity index is 1.78. The van der Waals surface area contributed by atoms with E-state index in [0.717, 1.165) is 34.6 Å². The molecule has 0 aliphatic heterocycles. The van der Waals surface area contributed by atoms with Crippen LogP contribution < -0.4 is 4.74 Å². The molecule has 0 saturated heterocycles. The zero-order chi connectivity index (χ0) is 16.9. The molecular formula is C21H21FOS. The summed E-state index contributed by atoms with van der Waals surface area (Å²) < 4.78 is 19.6. The first-order valence-corrected chi connectivity index (χ1v) is 9.04. The van der Waals surface area contributed by atoms with Crippen molar-refractivity contribution >= 4 is 11.3 Å². The van der Waals surface area contributed by atoms with E-state index >= 15 is 0 Å². The van der Waals surface area contributed by atoms with Crippen molar-refractivity contribution in [2.24, 2.45) is 0 Å². The van der Waals surface area contributed by atoms with Gasteiger partial charge in [0.2, 0.25) is 0 Å². The highest BCUT2D eigenvalue weighted by atomic mass is 32.1. The SMILES string of the molecule is CCCc1ccc(OCc2cc(F)ccc2-c2ccc(C)s2)cc1. The minimum Gasteiger partial charge on any atom is -0.489 e. The van der Waals surface area contributed by atoms with E-state index in [1.165, 1.54) is 16.5 Å². The highest BCUT2D eigenvalue weighted by Gasteiger charge is 2.09. The van der Waals surface area contributed by atoms with Gasteiger partial charge in [0.15, 0.2) is 0 Å². The lowest BCUT2D eigenvalue weighted by atomic mass is 10.1. The van der Waals surface area contributed by atoms with Gasteiger partial charge < -0.3 is 4.74 Å². The zero-order valence-electron chi connectivity index (χ0n) is 14.0. The van der Waals surface area contributed by atoms with Crippen LogP contribution in [0, 0.1) is 12.7 Å². The van der Waals surface area contributed by atoms with E-state index in [9.17, 15) is 4.39 Å². The molecule has 0 aliphatic carbocycles. The van der Waals surface area contributed by atoms with Gasteiger partial charge in [0, 0.05) is 15.3 Å². The van der Waals surface area contributed by atoms with Gasteiger partial charge in [-0.15, -0.1) is 11.3 Å². The van der Waals surface area contributed by atoms with Gasteiger partial charge >= 0.3 is 0 Å². The summed E-state index contributed by atoms with van der Waals surface area (Å²) in [5.41, 5.74) is 3.22. The molecule has 0 bridgehead atoms. The number of rotatable bonds is 6. The van der Waals surface area contributed by atoms with Crippen LogP contribution in [0.15, 0.2) is 54.6 Å². The number of halogens is 1. The highest BCUT2D eigenvalue weighted by molar-refractivity contribution is 7.15. The number of ether oxygens (including phenoxy) is 1. The fourth-order valence-electron chi connectivity index (χ4n) is 2.70. The largest absolute Gasteiger partial charge is 0.489 e. The molecule has 0 aliphatic rings. The van der Waals surface area contributed by atoms with Crippen LogP contribution >= 0.6 is 11.3 Å². The van der Waals surface area contributed by atoms with E-state index in [4.69, 9.17) is 4.74 Å². The first-order chi connectivity index (χ1) is 11.7. The van der Waals surface area contributed by atoms with Gasteiger partial charge in [0.25, 0.3) is 0 Å². The van der Waals surface area contributed by atoms with E-state index in [2.05, 4.69) is 38.1 Å². The molecule has 1 heterocycles. The van der Waals surface area contributed by atoms with E-state index in [1.54, 1.807) is 17.4 Å². The fourth-order valence-corrected chi connectivity index (χ4v) is 3.63. The maximum absolute atomic E-state index is 13.7. The van der Waals surface area contributed by atoms with Crippen molar-refractivity contribution in [3.63, 3.8) is 0 Å². The number of thiophene rings is 1. The first kappa shape index (κ1) is 16.7. The summed E-state index contributed by atoms with van der Waals surface area (Å²) in [6, 6.07) is 17.2. The smallest absolute Gasteiger partial charge is 0.123 e. The zero-order valence-corrected chi connectivity index (χ0v) is 14.8. The second kappa shape index (κ2) is 7.63. The molecule has 0 unspecified atom stereocenters. The molecule has 3 aromatic rings. The Hall–Kier alpha value is -2.13. The topological polar surface area (TPSA) is 9.23 Å². The fraction of sp³-hybridized carbons (Fsp3) is 0.238. The molecule has 0 radical (unpaired) electrons. The average Bonchev–Trinajstić information content (AvgIpc) is 3.01. The van der Waals surface area contributed by atoms with Crippen molar-refractivity contribution in [1.82, 2.24) is 0 Å². The predicted molar refractivity (Wildman–Crippen MR) is 99.2 cm³/mol. The van der Waals surface area contributed by atoms with E-state index in [0.29, 0.717) is 6.61 Å². The van der Waals surface area contributed by atoms with Crippen LogP contribution in [0.5, 0.6) is 5.75 Å². The Morgan fingerprint density at radius 1 is 1.00 bits per heavy atom. The normalized spacial score (nSPS) is 10.8. The summed E-state index contributed by atoms with van der Waals surface area (Å²) in [5, 5.41) is 0. The Morgan fingerprint density at radius 3 is 2.46 bits per heavy atom. The van der Waals surface area contributed by atoms with Gasteiger partial charge in [0.05, 0.1) is 0 Å². The molecule has 2 aromatic carbocycles. The molecule has 0 amide bonds. The number of aryl methyl sites for hydroxylation is 2. The molecular weight excluding hydrogens is 319 g/mol. The van der Waals surface area contributed by atoms with Gasteiger partial charge in [-0.3, -0.25) is 0 Å². The predicted octanol–water partition coefficient (Wildman–Crippen LogP) is 6.39. The van der Waals surface area contributed by atoms with Crippen LogP contribution in [0.1, 0.15) is 29.3 Å². The quantitative estimate of drug-likeness (QED) is 0.505. The van der Waals surface area contributed by atoms with Gasteiger partial charge in [-0.1, -0.05) is 31.5 Å². The van der Waals surface area contributed by atoms with E-state index in [1.807, 2.05) is 18.2 Å². The summed E-state index contributed by atoms with van der Waals surface area (Å²) >= 11 is 1.71. The Morgan fingerprint density at radius 2 is 1.79 bits per heavy atom. The first-order valence-electron chi connectivity index (χ1n) is 8.22. The summed E-state index contributed by atoms with van der Waals surface area (Å²) in [6.07, 6.45) is 2.21. The summed E-state index contributed by atoms with van der Waals surface area (Å²) in [6.45, 7) is 4.60. The Bertz CT molecular complexity index is 805. The lowest BCUT2D eigenvalue weighted by Crippen LogP contribution is -1.98. The molecule has 3 rings (SSSR count). The van der Waals surface area contributed by atoms with Crippen LogP contribution in [0.25, 0.3) is 10.4 Å². The van der Waals surface area contributed by atoms with Crippen molar-refractivity contribution in [2.45, 2.75) is 33.3 Å². The number of hydrogen-bond acceptors (Lipinski definition) is 2. The molecule has 0 saturated carbocycles.